The molecule has 0 aliphatic carbocycles. The molecule has 2 aromatic rings. The first-order valence-corrected chi connectivity index (χ1v) is 6.76. The fourth-order valence-electron chi connectivity index (χ4n) is 1.78. The predicted molar refractivity (Wildman–Crippen MR) is 77.6 cm³/mol. The highest BCUT2D eigenvalue weighted by Gasteiger charge is 2.17. The summed E-state index contributed by atoms with van der Waals surface area (Å²) in [6, 6.07) is 5.01. The molecule has 1 unspecified atom stereocenters. The van der Waals surface area contributed by atoms with E-state index in [0.717, 1.165) is 12.2 Å². The van der Waals surface area contributed by atoms with E-state index < -0.39 is 0 Å². The second-order valence-corrected chi connectivity index (χ2v) is 5.00. The number of nitrogen functional groups attached to an aromatic ring is 1. The van der Waals surface area contributed by atoms with E-state index >= 15 is 0 Å². The minimum absolute atomic E-state index is 0.143. The van der Waals surface area contributed by atoms with Gasteiger partial charge in [-0.25, -0.2) is 4.98 Å². The van der Waals surface area contributed by atoms with Crippen molar-refractivity contribution >= 4 is 27.5 Å². The summed E-state index contributed by atoms with van der Waals surface area (Å²) < 4.78 is 0.716. The van der Waals surface area contributed by atoms with Crippen molar-refractivity contribution in [3.63, 3.8) is 0 Å². The first-order chi connectivity index (χ1) is 9.11. The Bertz CT molecular complexity index is 568. The second-order valence-electron chi connectivity index (χ2n) is 4.15. The van der Waals surface area contributed by atoms with Crippen LogP contribution in [0.3, 0.4) is 0 Å². The summed E-state index contributed by atoms with van der Waals surface area (Å²) in [6.45, 7) is 1.99. The summed E-state index contributed by atoms with van der Waals surface area (Å²) >= 11 is 3.35. The van der Waals surface area contributed by atoms with Crippen molar-refractivity contribution in [1.82, 2.24) is 15.3 Å². The number of anilines is 1. The van der Waals surface area contributed by atoms with E-state index in [1.165, 1.54) is 0 Å². The average molecular weight is 323 g/mol. The van der Waals surface area contributed by atoms with Crippen LogP contribution in [0, 0.1) is 0 Å². The number of carbonyl (C=O) groups is 1. The minimum atomic E-state index is -0.178. The molecular weight excluding hydrogens is 308 g/mol. The lowest BCUT2D eigenvalue weighted by Crippen LogP contribution is -2.29. The third-order valence-electron chi connectivity index (χ3n) is 2.80. The SMILES string of the molecule is CCC(NC(=O)c1cc(N)ccc1Br)c1ncc[nH]1. The van der Waals surface area contributed by atoms with Crippen molar-refractivity contribution in [1.29, 1.82) is 0 Å². The molecule has 1 amide bonds. The molecule has 1 heterocycles. The van der Waals surface area contributed by atoms with Crippen LogP contribution in [-0.2, 0) is 0 Å². The van der Waals surface area contributed by atoms with Gasteiger partial charge in [0.15, 0.2) is 0 Å². The van der Waals surface area contributed by atoms with Crippen molar-refractivity contribution < 1.29 is 4.79 Å². The number of nitrogens with two attached hydrogens (primary N) is 1. The normalized spacial score (nSPS) is 12.1. The van der Waals surface area contributed by atoms with Gasteiger partial charge in [-0.3, -0.25) is 4.79 Å². The van der Waals surface area contributed by atoms with Crippen LogP contribution in [0.5, 0.6) is 0 Å². The third kappa shape index (κ3) is 3.14. The number of rotatable bonds is 4. The zero-order valence-electron chi connectivity index (χ0n) is 10.5. The Morgan fingerprint density at radius 1 is 1.58 bits per heavy atom. The lowest BCUT2D eigenvalue weighted by Gasteiger charge is -2.15. The number of halogens is 1. The topological polar surface area (TPSA) is 83.8 Å². The molecule has 0 bridgehead atoms. The zero-order valence-corrected chi connectivity index (χ0v) is 12.1. The smallest absolute Gasteiger partial charge is 0.253 e. The number of benzene rings is 1. The molecule has 2 rings (SSSR count). The van der Waals surface area contributed by atoms with Gasteiger partial charge in [0.05, 0.1) is 11.6 Å². The Morgan fingerprint density at radius 2 is 2.37 bits per heavy atom. The zero-order chi connectivity index (χ0) is 13.8. The van der Waals surface area contributed by atoms with Crippen molar-refractivity contribution in [2.75, 3.05) is 5.73 Å². The number of amides is 1. The van der Waals surface area contributed by atoms with Crippen molar-refractivity contribution in [2.24, 2.45) is 0 Å². The van der Waals surface area contributed by atoms with Gasteiger partial charge in [-0.05, 0) is 40.5 Å². The summed E-state index contributed by atoms with van der Waals surface area (Å²) in [6.07, 6.45) is 4.15. The molecule has 0 fully saturated rings. The maximum Gasteiger partial charge on any atom is 0.253 e. The quantitative estimate of drug-likeness (QED) is 0.756. The molecule has 0 radical (unpaired) electrons. The largest absolute Gasteiger partial charge is 0.399 e. The molecule has 5 nitrogen and oxygen atoms in total. The van der Waals surface area contributed by atoms with Gasteiger partial charge in [-0.2, -0.15) is 0 Å². The van der Waals surface area contributed by atoms with Crippen LogP contribution in [0.2, 0.25) is 0 Å². The van der Waals surface area contributed by atoms with Gasteiger partial charge in [0.25, 0.3) is 5.91 Å². The molecule has 0 saturated carbocycles. The monoisotopic (exact) mass is 322 g/mol. The highest BCUT2D eigenvalue weighted by molar-refractivity contribution is 9.10. The molecule has 1 atom stereocenters. The van der Waals surface area contributed by atoms with E-state index in [-0.39, 0.29) is 11.9 Å². The van der Waals surface area contributed by atoms with Crippen LogP contribution in [0.1, 0.15) is 35.6 Å². The van der Waals surface area contributed by atoms with Crippen molar-refractivity contribution in [2.45, 2.75) is 19.4 Å². The lowest BCUT2D eigenvalue weighted by atomic mass is 10.1. The molecule has 4 N–H and O–H groups in total. The maximum atomic E-state index is 12.2. The molecule has 0 spiro atoms. The molecule has 19 heavy (non-hydrogen) atoms. The van der Waals surface area contributed by atoms with E-state index in [2.05, 4.69) is 31.2 Å². The van der Waals surface area contributed by atoms with Crippen LogP contribution < -0.4 is 11.1 Å². The van der Waals surface area contributed by atoms with E-state index in [1.54, 1.807) is 30.6 Å². The van der Waals surface area contributed by atoms with E-state index in [4.69, 9.17) is 5.73 Å². The standard InChI is InChI=1S/C13H15BrN4O/c1-2-11(12-16-5-6-17-12)18-13(19)9-7-8(15)3-4-10(9)14/h3-7,11H,2,15H2,1H3,(H,16,17)(H,18,19). The van der Waals surface area contributed by atoms with Gasteiger partial charge in [-0.15, -0.1) is 0 Å². The number of nitrogens with zero attached hydrogens (tertiary/aromatic N) is 1. The molecule has 1 aromatic carbocycles. The Balaban J connectivity index is 2.18. The number of H-pyrrole nitrogens is 1. The van der Waals surface area contributed by atoms with Crippen LogP contribution in [0.4, 0.5) is 5.69 Å². The Morgan fingerprint density at radius 3 is 3.00 bits per heavy atom. The summed E-state index contributed by atoms with van der Waals surface area (Å²) in [5.41, 5.74) is 6.78. The first-order valence-electron chi connectivity index (χ1n) is 5.97. The van der Waals surface area contributed by atoms with Crippen LogP contribution >= 0.6 is 15.9 Å². The van der Waals surface area contributed by atoms with Crippen molar-refractivity contribution in [3.8, 4) is 0 Å². The van der Waals surface area contributed by atoms with Crippen LogP contribution in [0.25, 0.3) is 0 Å². The molecule has 100 valence electrons. The van der Waals surface area contributed by atoms with Gasteiger partial charge in [0.1, 0.15) is 5.82 Å². The first kappa shape index (κ1) is 13.6. The van der Waals surface area contributed by atoms with Gasteiger partial charge in [-0.1, -0.05) is 6.92 Å². The second kappa shape index (κ2) is 5.88. The number of carbonyl (C=O) groups excluding carboxylic acids is 1. The third-order valence-corrected chi connectivity index (χ3v) is 3.49. The predicted octanol–water partition coefficient (Wildman–Crippen LogP) is 2.64. The molecule has 0 aliphatic rings. The Hall–Kier alpha value is -1.82. The van der Waals surface area contributed by atoms with Gasteiger partial charge in [0.2, 0.25) is 0 Å². The number of imidazole rings is 1. The van der Waals surface area contributed by atoms with Crippen LogP contribution in [0.15, 0.2) is 35.1 Å². The Kier molecular flexibility index (Phi) is 4.21. The Labute approximate surface area is 119 Å². The minimum Gasteiger partial charge on any atom is -0.399 e. The number of hydrogen-bond donors (Lipinski definition) is 3. The summed E-state index contributed by atoms with van der Waals surface area (Å²) in [5.74, 6) is 0.568. The molecule has 1 aromatic heterocycles. The molecule has 6 heteroatoms. The van der Waals surface area contributed by atoms with E-state index in [0.29, 0.717) is 15.7 Å². The van der Waals surface area contributed by atoms with Crippen molar-refractivity contribution in [3.05, 3.63) is 46.5 Å². The lowest BCUT2D eigenvalue weighted by molar-refractivity contribution is 0.0933. The van der Waals surface area contributed by atoms with Gasteiger partial charge < -0.3 is 16.0 Å². The fraction of sp³-hybridized carbons (Fsp3) is 0.231. The van der Waals surface area contributed by atoms with Gasteiger partial charge >= 0.3 is 0 Å². The number of hydrogen-bond acceptors (Lipinski definition) is 3. The van der Waals surface area contributed by atoms with Gasteiger partial charge in [0, 0.05) is 22.6 Å². The maximum absolute atomic E-state index is 12.2. The summed E-state index contributed by atoms with van der Waals surface area (Å²) in [5, 5.41) is 2.94. The summed E-state index contributed by atoms with van der Waals surface area (Å²) in [4.78, 5) is 19.4. The van der Waals surface area contributed by atoms with Crippen LogP contribution in [-0.4, -0.2) is 15.9 Å². The molecular formula is C13H15BrN4O. The summed E-state index contributed by atoms with van der Waals surface area (Å²) in [7, 11) is 0. The number of aromatic nitrogens is 2. The molecule has 0 saturated heterocycles. The highest BCUT2D eigenvalue weighted by atomic mass is 79.9. The van der Waals surface area contributed by atoms with E-state index in [1.807, 2.05) is 6.92 Å². The molecule has 0 aliphatic heterocycles. The highest BCUT2D eigenvalue weighted by Crippen LogP contribution is 2.21. The average Bonchev–Trinajstić information content (AvgIpc) is 2.92. The number of nitrogens with one attached hydrogen (secondary N) is 2. The fourth-order valence-corrected chi connectivity index (χ4v) is 2.21. The van der Waals surface area contributed by atoms with E-state index in [9.17, 15) is 4.79 Å². The number of aromatic amines is 1.